The van der Waals surface area contributed by atoms with Gasteiger partial charge in [0.05, 0.1) is 24.9 Å². The van der Waals surface area contributed by atoms with Crippen LogP contribution in [-0.4, -0.2) is 49.3 Å². The molecule has 0 spiro atoms. The number of urea groups is 1. The highest BCUT2D eigenvalue weighted by Gasteiger charge is 2.21. The second-order valence-corrected chi connectivity index (χ2v) is 5.27. The normalized spacial score (nSPS) is 17.9. The zero-order chi connectivity index (χ0) is 15.9. The van der Waals surface area contributed by atoms with Gasteiger partial charge in [-0.1, -0.05) is 6.92 Å². The summed E-state index contributed by atoms with van der Waals surface area (Å²) < 4.78 is 10.5. The Balaban J connectivity index is 1.90. The summed E-state index contributed by atoms with van der Waals surface area (Å²) in [4.78, 5) is 25.5. The van der Waals surface area contributed by atoms with Gasteiger partial charge in [0.2, 0.25) is 0 Å². The largest absolute Gasteiger partial charge is 0.462 e. The molecular formula is C16H22N2O4. The van der Waals surface area contributed by atoms with Gasteiger partial charge in [-0.25, -0.2) is 9.59 Å². The summed E-state index contributed by atoms with van der Waals surface area (Å²) >= 11 is 0. The number of amides is 2. The number of carbonyl (C=O) groups excluding carboxylic acids is 2. The molecule has 0 aromatic heterocycles. The zero-order valence-corrected chi connectivity index (χ0v) is 13.0. The van der Waals surface area contributed by atoms with E-state index in [0.29, 0.717) is 37.6 Å². The van der Waals surface area contributed by atoms with Crippen molar-refractivity contribution in [3.8, 4) is 0 Å². The first-order chi connectivity index (χ1) is 10.6. The van der Waals surface area contributed by atoms with E-state index in [0.717, 1.165) is 6.42 Å². The van der Waals surface area contributed by atoms with Gasteiger partial charge in [0.25, 0.3) is 0 Å². The zero-order valence-electron chi connectivity index (χ0n) is 13.0. The van der Waals surface area contributed by atoms with E-state index in [2.05, 4.69) is 5.32 Å². The van der Waals surface area contributed by atoms with Crippen molar-refractivity contribution in [2.45, 2.75) is 26.4 Å². The van der Waals surface area contributed by atoms with Crippen LogP contribution in [0.2, 0.25) is 0 Å². The van der Waals surface area contributed by atoms with Crippen LogP contribution in [0.25, 0.3) is 0 Å². The Kier molecular flexibility index (Phi) is 5.77. The van der Waals surface area contributed by atoms with E-state index in [1.807, 2.05) is 13.8 Å². The van der Waals surface area contributed by atoms with Crippen LogP contribution in [0.3, 0.4) is 0 Å². The molecule has 6 heteroatoms. The van der Waals surface area contributed by atoms with Gasteiger partial charge in [-0.3, -0.25) is 0 Å². The van der Waals surface area contributed by atoms with Crippen LogP contribution < -0.4 is 5.32 Å². The minimum Gasteiger partial charge on any atom is -0.462 e. The number of nitrogens with one attached hydrogen (secondary N) is 1. The van der Waals surface area contributed by atoms with E-state index in [4.69, 9.17) is 9.47 Å². The highest BCUT2D eigenvalue weighted by molar-refractivity contribution is 5.92. The lowest BCUT2D eigenvalue weighted by Gasteiger charge is -2.31. The van der Waals surface area contributed by atoms with Crippen molar-refractivity contribution < 1.29 is 19.1 Å². The lowest BCUT2D eigenvalue weighted by atomic mass is 10.2. The van der Waals surface area contributed by atoms with E-state index in [1.54, 1.807) is 29.2 Å². The number of benzene rings is 1. The van der Waals surface area contributed by atoms with Crippen LogP contribution in [0.4, 0.5) is 10.5 Å². The number of ether oxygens (including phenoxy) is 2. The van der Waals surface area contributed by atoms with Gasteiger partial charge >= 0.3 is 12.0 Å². The maximum Gasteiger partial charge on any atom is 0.338 e. The number of esters is 1. The molecule has 1 N–H and O–H groups in total. The van der Waals surface area contributed by atoms with E-state index in [1.165, 1.54) is 0 Å². The van der Waals surface area contributed by atoms with Gasteiger partial charge in [0, 0.05) is 18.8 Å². The first-order valence-corrected chi connectivity index (χ1v) is 7.55. The van der Waals surface area contributed by atoms with Crippen LogP contribution in [0.1, 0.15) is 30.6 Å². The first-order valence-electron chi connectivity index (χ1n) is 7.55. The molecule has 1 unspecified atom stereocenters. The second kappa shape index (κ2) is 7.79. The van der Waals surface area contributed by atoms with Gasteiger partial charge in [0.15, 0.2) is 0 Å². The molecule has 1 atom stereocenters. The molecule has 6 nitrogen and oxygen atoms in total. The van der Waals surface area contributed by atoms with Crippen LogP contribution >= 0.6 is 0 Å². The van der Waals surface area contributed by atoms with Crippen LogP contribution in [0.5, 0.6) is 0 Å². The molecule has 0 bridgehead atoms. The van der Waals surface area contributed by atoms with Crippen LogP contribution in [-0.2, 0) is 9.47 Å². The summed E-state index contributed by atoms with van der Waals surface area (Å²) in [6.45, 7) is 6.00. The third-order valence-corrected chi connectivity index (χ3v) is 3.34. The van der Waals surface area contributed by atoms with E-state index >= 15 is 0 Å². The molecule has 1 aliphatic rings. The highest BCUT2D eigenvalue weighted by atomic mass is 16.5. The number of rotatable bonds is 4. The molecule has 1 saturated heterocycles. The van der Waals surface area contributed by atoms with Crippen LogP contribution in [0, 0.1) is 0 Å². The van der Waals surface area contributed by atoms with Crippen molar-refractivity contribution in [1.29, 1.82) is 0 Å². The van der Waals surface area contributed by atoms with Crippen molar-refractivity contribution in [1.82, 2.24) is 4.90 Å². The van der Waals surface area contributed by atoms with Crippen molar-refractivity contribution >= 4 is 17.7 Å². The summed E-state index contributed by atoms with van der Waals surface area (Å²) in [6.07, 6.45) is 0.841. The van der Waals surface area contributed by atoms with E-state index in [9.17, 15) is 9.59 Å². The Morgan fingerprint density at radius 1 is 1.36 bits per heavy atom. The molecule has 2 amide bonds. The Hall–Kier alpha value is -2.08. The molecule has 1 heterocycles. The van der Waals surface area contributed by atoms with Crippen molar-refractivity contribution in [2.75, 3.05) is 31.6 Å². The number of morpholine rings is 1. The number of hydrogen-bond acceptors (Lipinski definition) is 4. The Morgan fingerprint density at radius 3 is 2.73 bits per heavy atom. The predicted octanol–water partition coefficient (Wildman–Crippen LogP) is 2.51. The molecule has 22 heavy (non-hydrogen) atoms. The molecule has 1 fully saturated rings. The summed E-state index contributed by atoms with van der Waals surface area (Å²) in [6, 6.07) is 6.54. The minimum atomic E-state index is -0.346. The monoisotopic (exact) mass is 306 g/mol. The molecule has 1 aromatic carbocycles. The Bertz CT molecular complexity index is 515. The topological polar surface area (TPSA) is 67.9 Å². The summed E-state index contributed by atoms with van der Waals surface area (Å²) in [5.41, 5.74) is 1.13. The SMILES string of the molecule is CCCOC(=O)c1ccc(NC(=O)N2CCOC(C)C2)cc1. The van der Waals surface area contributed by atoms with Gasteiger partial charge < -0.3 is 19.7 Å². The molecule has 1 aromatic rings. The molecule has 120 valence electrons. The minimum absolute atomic E-state index is 0.0511. The average molecular weight is 306 g/mol. The Morgan fingerprint density at radius 2 is 2.09 bits per heavy atom. The second-order valence-electron chi connectivity index (χ2n) is 5.27. The summed E-state index contributed by atoms with van der Waals surface area (Å²) in [5.74, 6) is -0.346. The smallest absolute Gasteiger partial charge is 0.338 e. The van der Waals surface area contributed by atoms with Gasteiger partial charge in [0.1, 0.15) is 0 Å². The summed E-state index contributed by atoms with van der Waals surface area (Å²) in [5, 5.41) is 2.82. The maximum absolute atomic E-state index is 12.1. The fraction of sp³-hybridized carbons (Fsp3) is 0.500. The number of hydrogen-bond donors (Lipinski definition) is 1. The third kappa shape index (κ3) is 4.46. The van der Waals surface area contributed by atoms with E-state index in [-0.39, 0.29) is 18.1 Å². The summed E-state index contributed by atoms with van der Waals surface area (Å²) in [7, 11) is 0. The van der Waals surface area contributed by atoms with Gasteiger partial charge in [-0.15, -0.1) is 0 Å². The van der Waals surface area contributed by atoms with Crippen molar-refractivity contribution in [3.05, 3.63) is 29.8 Å². The highest BCUT2D eigenvalue weighted by Crippen LogP contribution is 2.13. The quantitative estimate of drug-likeness (QED) is 0.868. The fourth-order valence-corrected chi connectivity index (χ4v) is 2.17. The van der Waals surface area contributed by atoms with Crippen molar-refractivity contribution in [2.24, 2.45) is 0 Å². The number of nitrogens with zero attached hydrogens (tertiary/aromatic N) is 1. The van der Waals surface area contributed by atoms with E-state index < -0.39 is 0 Å². The maximum atomic E-state index is 12.1. The molecule has 1 aliphatic heterocycles. The first kappa shape index (κ1) is 16.3. The molecule has 2 rings (SSSR count). The molecular weight excluding hydrogens is 284 g/mol. The lowest BCUT2D eigenvalue weighted by molar-refractivity contribution is -0.00138. The fourth-order valence-electron chi connectivity index (χ4n) is 2.17. The number of carbonyl (C=O) groups is 2. The predicted molar refractivity (Wildman–Crippen MR) is 83.0 cm³/mol. The number of anilines is 1. The van der Waals surface area contributed by atoms with Gasteiger partial charge in [-0.05, 0) is 37.6 Å². The molecule has 0 radical (unpaired) electrons. The molecule has 0 saturated carbocycles. The van der Waals surface area contributed by atoms with Gasteiger partial charge in [-0.2, -0.15) is 0 Å². The third-order valence-electron chi connectivity index (χ3n) is 3.34. The van der Waals surface area contributed by atoms with Crippen molar-refractivity contribution in [3.63, 3.8) is 0 Å². The van der Waals surface area contributed by atoms with Crippen LogP contribution in [0.15, 0.2) is 24.3 Å². The lowest BCUT2D eigenvalue weighted by Crippen LogP contribution is -2.46. The Labute approximate surface area is 130 Å². The average Bonchev–Trinajstić information content (AvgIpc) is 2.53. The molecule has 0 aliphatic carbocycles. The standard InChI is InChI=1S/C16H22N2O4/c1-3-9-22-15(19)13-4-6-14(7-5-13)17-16(20)18-8-10-21-12(2)11-18/h4-7,12H,3,8-11H2,1-2H3,(H,17,20).